The smallest absolute Gasteiger partial charge is 0.0614 e. The van der Waals surface area contributed by atoms with Gasteiger partial charge in [0.2, 0.25) is 0 Å². The maximum absolute atomic E-state index is 5.69. The molecule has 1 aliphatic rings. The number of methoxy groups -OCH3 is 1. The van der Waals surface area contributed by atoms with E-state index in [1.165, 1.54) is 32.1 Å². The van der Waals surface area contributed by atoms with E-state index >= 15 is 0 Å². The number of nitrogens with zero attached hydrogens (tertiary/aromatic N) is 1. The molecule has 0 aromatic carbocycles. The molecule has 1 saturated carbocycles. The highest BCUT2D eigenvalue weighted by Crippen LogP contribution is 2.34. The van der Waals surface area contributed by atoms with Gasteiger partial charge in [-0.2, -0.15) is 0 Å². The standard InChI is InChI=1S/C14H29NO/c1-11(2)9-13(15(3)4)10-14(16-5)12-7-6-8-12/h11-14H,6-10H2,1-5H3. The third-order valence-electron chi connectivity index (χ3n) is 3.96. The molecule has 0 saturated heterocycles. The summed E-state index contributed by atoms with van der Waals surface area (Å²) >= 11 is 0. The van der Waals surface area contributed by atoms with Gasteiger partial charge in [0.25, 0.3) is 0 Å². The highest BCUT2D eigenvalue weighted by Gasteiger charge is 2.30. The Hall–Kier alpha value is -0.0800. The van der Waals surface area contributed by atoms with E-state index in [9.17, 15) is 0 Å². The minimum absolute atomic E-state index is 0.486. The van der Waals surface area contributed by atoms with Crippen LogP contribution in [0.2, 0.25) is 0 Å². The van der Waals surface area contributed by atoms with Crippen molar-refractivity contribution in [1.82, 2.24) is 4.90 Å². The van der Waals surface area contributed by atoms with Crippen molar-refractivity contribution in [2.45, 2.75) is 58.1 Å². The van der Waals surface area contributed by atoms with Crippen molar-refractivity contribution < 1.29 is 4.74 Å². The maximum atomic E-state index is 5.69. The summed E-state index contributed by atoms with van der Waals surface area (Å²) in [7, 11) is 6.27. The van der Waals surface area contributed by atoms with Gasteiger partial charge in [-0.15, -0.1) is 0 Å². The normalized spacial score (nSPS) is 21.2. The van der Waals surface area contributed by atoms with Gasteiger partial charge in [-0.05, 0) is 51.6 Å². The molecule has 2 nitrogen and oxygen atoms in total. The molecule has 1 rings (SSSR count). The molecule has 2 unspecified atom stereocenters. The zero-order valence-corrected chi connectivity index (χ0v) is 11.7. The summed E-state index contributed by atoms with van der Waals surface area (Å²) < 4.78 is 5.69. The van der Waals surface area contributed by atoms with Crippen LogP contribution in [0, 0.1) is 11.8 Å². The molecular formula is C14H29NO. The fourth-order valence-corrected chi connectivity index (χ4v) is 2.62. The fraction of sp³-hybridized carbons (Fsp3) is 1.00. The molecule has 0 N–H and O–H groups in total. The number of hydrogen-bond acceptors (Lipinski definition) is 2. The van der Waals surface area contributed by atoms with Gasteiger partial charge in [-0.3, -0.25) is 0 Å². The van der Waals surface area contributed by atoms with Crippen LogP contribution in [0.5, 0.6) is 0 Å². The van der Waals surface area contributed by atoms with Crippen molar-refractivity contribution in [3.05, 3.63) is 0 Å². The largest absolute Gasteiger partial charge is 0.381 e. The second kappa shape index (κ2) is 6.61. The molecule has 0 aromatic rings. The van der Waals surface area contributed by atoms with Gasteiger partial charge in [0.05, 0.1) is 6.10 Å². The third-order valence-corrected chi connectivity index (χ3v) is 3.96. The summed E-state index contributed by atoms with van der Waals surface area (Å²) in [4.78, 5) is 2.37. The molecule has 0 heterocycles. The molecule has 0 aliphatic heterocycles. The minimum Gasteiger partial charge on any atom is -0.381 e. The lowest BCUT2D eigenvalue weighted by Crippen LogP contribution is -2.38. The van der Waals surface area contributed by atoms with Crippen molar-refractivity contribution in [1.29, 1.82) is 0 Å². The average molecular weight is 227 g/mol. The number of rotatable bonds is 7. The van der Waals surface area contributed by atoms with Crippen LogP contribution < -0.4 is 0 Å². The predicted octanol–water partition coefficient (Wildman–Crippen LogP) is 3.17. The van der Waals surface area contributed by atoms with Crippen LogP contribution in [-0.2, 0) is 4.74 Å². The lowest BCUT2D eigenvalue weighted by atomic mass is 9.78. The van der Waals surface area contributed by atoms with E-state index in [4.69, 9.17) is 4.74 Å². The Labute approximate surface area is 101 Å². The third kappa shape index (κ3) is 4.06. The molecule has 0 spiro atoms. The van der Waals surface area contributed by atoms with E-state index in [1.54, 1.807) is 0 Å². The Bertz CT molecular complexity index is 187. The Morgan fingerprint density at radius 2 is 1.81 bits per heavy atom. The van der Waals surface area contributed by atoms with Crippen LogP contribution in [-0.4, -0.2) is 38.3 Å². The SMILES string of the molecule is COC(CC(CC(C)C)N(C)C)C1CCC1. The quantitative estimate of drug-likeness (QED) is 0.662. The van der Waals surface area contributed by atoms with Crippen LogP contribution in [0.15, 0.2) is 0 Å². The van der Waals surface area contributed by atoms with Crippen LogP contribution in [0.4, 0.5) is 0 Å². The van der Waals surface area contributed by atoms with E-state index in [-0.39, 0.29) is 0 Å². The monoisotopic (exact) mass is 227 g/mol. The summed E-state index contributed by atoms with van der Waals surface area (Å²) in [6.45, 7) is 4.61. The van der Waals surface area contributed by atoms with Crippen LogP contribution >= 0.6 is 0 Å². The number of ether oxygens (including phenoxy) is 1. The highest BCUT2D eigenvalue weighted by atomic mass is 16.5. The predicted molar refractivity (Wildman–Crippen MR) is 69.7 cm³/mol. The first kappa shape index (κ1) is 14.0. The molecular weight excluding hydrogens is 198 g/mol. The first-order chi connectivity index (χ1) is 7.54. The molecule has 1 fully saturated rings. The first-order valence-corrected chi connectivity index (χ1v) is 6.73. The first-order valence-electron chi connectivity index (χ1n) is 6.73. The van der Waals surface area contributed by atoms with E-state index in [2.05, 4.69) is 32.8 Å². The van der Waals surface area contributed by atoms with Crippen LogP contribution in [0.1, 0.15) is 46.0 Å². The topological polar surface area (TPSA) is 12.5 Å². The van der Waals surface area contributed by atoms with Gasteiger partial charge in [0, 0.05) is 13.2 Å². The molecule has 0 aromatic heterocycles. The second-order valence-corrected chi connectivity index (χ2v) is 5.95. The summed E-state index contributed by atoms with van der Waals surface area (Å²) in [5.74, 6) is 1.60. The molecule has 2 atom stereocenters. The van der Waals surface area contributed by atoms with Crippen molar-refractivity contribution in [2.75, 3.05) is 21.2 Å². The van der Waals surface area contributed by atoms with E-state index < -0.39 is 0 Å². The Morgan fingerprint density at radius 1 is 1.19 bits per heavy atom. The molecule has 0 bridgehead atoms. The molecule has 96 valence electrons. The second-order valence-electron chi connectivity index (χ2n) is 5.95. The summed E-state index contributed by atoms with van der Waals surface area (Å²) in [6, 6.07) is 0.672. The molecule has 16 heavy (non-hydrogen) atoms. The van der Waals surface area contributed by atoms with Crippen molar-refractivity contribution in [3.63, 3.8) is 0 Å². The lowest BCUT2D eigenvalue weighted by Gasteiger charge is -2.37. The Balaban J connectivity index is 2.44. The van der Waals surface area contributed by atoms with Gasteiger partial charge in [0.15, 0.2) is 0 Å². The van der Waals surface area contributed by atoms with Gasteiger partial charge >= 0.3 is 0 Å². The van der Waals surface area contributed by atoms with Gasteiger partial charge in [-0.1, -0.05) is 20.3 Å². The zero-order valence-electron chi connectivity index (χ0n) is 11.7. The van der Waals surface area contributed by atoms with Gasteiger partial charge < -0.3 is 9.64 Å². The molecule has 2 heteroatoms. The molecule has 1 aliphatic carbocycles. The van der Waals surface area contributed by atoms with Crippen molar-refractivity contribution in [3.8, 4) is 0 Å². The molecule has 0 amide bonds. The van der Waals surface area contributed by atoms with Crippen molar-refractivity contribution >= 4 is 0 Å². The Morgan fingerprint density at radius 3 is 2.12 bits per heavy atom. The minimum atomic E-state index is 0.486. The summed E-state index contributed by atoms with van der Waals surface area (Å²) in [5.41, 5.74) is 0. The van der Waals surface area contributed by atoms with E-state index in [1.807, 2.05) is 7.11 Å². The van der Waals surface area contributed by atoms with Crippen LogP contribution in [0.3, 0.4) is 0 Å². The lowest BCUT2D eigenvalue weighted by molar-refractivity contribution is -0.00373. The summed E-state index contributed by atoms with van der Waals surface area (Å²) in [5, 5.41) is 0. The van der Waals surface area contributed by atoms with E-state index in [0.29, 0.717) is 12.1 Å². The van der Waals surface area contributed by atoms with E-state index in [0.717, 1.165) is 11.8 Å². The maximum Gasteiger partial charge on any atom is 0.0614 e. The van der Waals surface area contributed by atoms with Gasteiger partial charge in [-0.25, -0.2) is 0 Å². The van der Waals surface area contributed by atoms with Crippen molar-refractivity contribution in [2.24, 2.45) is 11.8 Å². The number of hydrogen-bond donors (Lipinski definition) is 0. The zero-order chi connectivity index (χ0) is 12.1. The fourth-order valence-electron chi connectivity index (χ4n) is 2.62. The highest BCUT2D eigenvalue weighted by molar-refractivity contribution is 4.82. The molecule has 0 radical (unpaired) electrons. The summed E-state index contributed by atoms with van der Waals surface area (Å²) in [6.07, 6.45) is 7.12. The average Bonchev–Trinajstić information content (AvgIpc) is 2.11. The van der Waals surface area contributed by atoms with Gasteiger partial charge in [0.1, 0.15) is 0 Å². The van der Waals surface area contributed by atoms with Crippen LogP contribution in [0.25, 0.3) is 0 Å². The Kier molecular flexibility index (Phi) is 5.77.